The van der Waals surface area contributed by atoms with E-state index in [9.17, 15) is 13.2 Å². The van der Waals surface area contributed by atoms with E-state index in [4.69, 9.17) is 11.5 Å². The number of aromatic nitrogens is 4. The van der Waals surface area contributed by atoms with Crippen molar-refractivity contribution in [3.8, 4) is 11.1 Å². The molecule has 0 radical (unpaired) electrons. The van der Waals surface area contributed by atoms with Gasteiger partial charge in [-0.1, -0.05) is 18.7 Å². The molecular weight excluding hydrogens is 688 g/mol. The number of rotatable bonds is 5. The van der Waals surface area contributed by atoms with Gasteiger partial charge in [0.05, 0.1) is 10.9 Å². The van der Waals surface area contributed by atoms with Gasteiger partial charge in [-0.3, -0.25) is 0 Å². The van der Waals surface area contributed by atoms with Gasteiger partial charge in [0, 0.05) is 46.3 Å². The number of nitrogens with two attached hydrogens (primary N) is 2. The molecule has 6 N–H and O–H groups in total. The first kappa shape index (κ1) is 23.8. The van der Waals surface area contributed by atoms with Gasteiger partial charge in [0.2, 0.25) is 5.95 Å². The molecule has 5 rings (SSSR count). The van der Waals surface area contributed by atoms with Crippen LogP contribution in [0.1, 0.15) is 18.4 Å². The van der Waals surface area contributed by atoms with Gasteiger partial charge < -0.3 is 29.2 Å². The number of nitrogens with zero attached hydrogens (tertiary/aromatic N) is 3. The molecule has 0 bridgehead atoms. The van der Waals surface area contributed by atoms with Gasteiger partial charge in [-0.15, -0.1) is 0 Å². The predicted molar refractivity (Wildman–Crippen MR) is 125 cm³/mol. The summed E-state index contributed by atoms with van der Waals surface area (Å²) in [6.45, 7) is 3.78. The molecule has 0 saturated heterocycles. The first-order chi connectivity index (χ1) is 15.2. The molecule has 1 fully saturated rings. The normalized spacial score (nSPS) is 14.3. The molecule has 1 aliphatic carbocycles. The van der Waals surface area contributed by atoms with Gasteiger partial charge in [0.15, 0.2) is 0 Å². The van der Waals surface area contributed by atoms with Crippen LogP contribution in [0, 0.1) is 13.3 Å². The molecule has 34 heavy (non-hydrogen) atoms. The maximum absolute atomic E-state index is 13.7. The number of H-pyrrole nitrogens is 1. The van der Waals surface area contributed by atoms with E-state index in [1.807, 2.05) is 18.2 Å². The van der Waals surface area contributed by atoms with Gasteiger partial charge >= 0.3 is 6.18 Å². The Morgan fingerprint density at radius 3 is 2.38 bits per heavy atom. The van der Waals surface area contributed by atoms with Gasteiger partial charge in [-0.05, 0) is 30.4 Å². The fourth-order valence-electron chi connectivity index (χ4n) is 3.97. The van der Waals surface area contributed by atoms with E-state index in [-0.39, 0.29) is 24.9 Å². The first-order valence-corrected chi connectivity index (χ1v) is 10.0. The van der Waals surface area contributed by atoms with Crippen LogP contribution in [0.25, 0.3) is 38.6 Å². The molecule has 1 atom stereocenters. The van der Waals surface area contributed by atoms with E-state index >= 15 is 0 Å². The maximum atomic E-state index is 13.7. The Morgan fingerprint density at radius 1 is 1.12 bits per heavy atom. The second kappa shape index (κ2) is 8.27. The molecule has 3 aromatic heterocycles. The summed E-state index contributed by atoms with van der Waals surface area (Å²) in [5.41, 5.74) is 15.2. The van der Waals surface area contributed by atoms with Gasteiger partial charge in [-0.25, -0.2) is 15.0 Å². The number of anilines is 2. The molecule has 7 nitrogen and oxygen atoms in total. The molecule has 1 aliphatic rings. The molecule has 11 heteroatoms. The van der Waals surface area contributed by atoms with Crippen LogP contribution in [-0.4, -0.2) is 32.2 Å². The van der Waals surface area contributed by atoms with Crippen LogP contribution in [-0.2, 0) is 0 Å². The zero-order chi connectivity index (χ0) is 22.6. The van der Waals surface area contributed by atoms with Crippen molar-refractivity contribution in [2.75, 3.05) is 11.1 Å². The van der Waals surface area contributed by atoms with Crippen LogP contribution in [0.4, 0.5) is 24.9 Å². The molecule has 1 aromatic carbocycles. The van der Waals surface area contributed by atoms with Crippen molar-refractivity contribution in [3.05, 3.63) is 56.4 Å². The molecule has 4 aromatic rings. The smallest absolute Gasteiger partial charge is 0.399 e. The van der Waals surface area contributed by atoms with Crippen molar-refractivity contribution in [2.45, 2.75) is 25.1 Å². The second-order valence-electron chi connectivity index (χ2n) is 8.01. The standard InChI is InChI=1S/C22H20F3N7.CH3.Fm/c1-10(26)15-9-28-20(32-19(11-2-3-11)22(23,24)25)17-14-5-4-12(6-16(14)31-18(15)17)13-7-29-21(27)30-8-13;;/h4-9,11,19,31H,1-3,26H2,(H,28,32)(H2,27,29,30);1H3;/q;-1;/t19-;;/m1../s1. The Labute approximate surface area is 188 Å². The van der Waals surface area contributed by atoms with Crippen LogP contribution in [0.15, 0.2) is 43.4 Å². The van der Waals surface area contributed by atoms with Crippen molar-refractivity contribution in [3.63, 3.8) is 0 Å². The quantitative estimate of drug-likeness (QED) is 0.219. The van der Waals surface area contributed by atoms with Gasteiger partial charge in [-0.2, -0.15) is 13.2 Å². The second-order valence-corrected chi connectivity index (χ2v) is 8.01. The summed E-state index contributed by atoms with van der Waals surface area (Å²) >= 11 is 0. The average molecular weight is 711 g/mol. The molecule has 0 aliphatic heterocycles. The predicted octanol–water partition coefficient (Wildman–Crippen LogP) is 4.89. The molecular formula is C23H23F3FmN7-. The molecule has 3 heterocycles. The Bertz CT molecular complexity index is 1340. The summed E-state index contributed by atoms with van der Waals surface area (Å²) in [7, 11) is 0. The van der Waals surface area contributed by atoms with E-state index in [2.05, 4.69) is 31.8 Å². The number of nitrogen functional groups attached to an aromatic ring is 1. The van der Waals surface area contributed by atoms with E-state index < -0.39 is 18.1 Å². The number of benzene rings is 1. The van der Waals surface area contributed by atoms with Gasteiger partial charge in [0.25, 0.3) is 0 Å². The van der Waals surface area contributed by atoms with Crippen LogP contribution in [0.5, 0.6) is 0 Å². The number of pyridine rings is 1. The van der Waals surface area contributed by atoms with E-state index in [0.717, 1.165) is 16.5 Å². The number of alkyl halides is 3. The summed E-state index contributed by atoms with van der Waals surface area (Å²) in [5.74, 6) is -0.115. The maximum Gasteiger partial charge on any atom is 0.408 e. The minimum Gasteiger partial charge on any atom is -0.399 e. The van der Waals surface area contributed by atoms with Crippen LogP contribution in [0.3, 0.4) is 0 Å². The molecule has 184 valence electrons. The first-order valence-electron chi connectivity index (χ1n) is 10.0. The van der Waals surface area contributed by atoms with Crippen molar-refractivity contribution < 1.29 is 13.2 Å². The number of halogens is 3. The summed E-state index contributed by atoms with van der Waals surface area (Å²) < 4.78 is 41.0. The monoisotopic (exact) mass is 711 g/mol. The van der Waals surface area contributed by atoms with Crippen molar-refractivity contribution in [1.29, 1.82) is 0 Å². The topological polar surface area (TPSA) is 119 Å². The van der Waals surface area contributed by atoms with Crippen LogP contribution >= 0.6 is 0 Å². The zero-order valence-corrected chi connectivity index (χ0v) is 20.6. The SMILES string of the molecule is C=C(N)c1cnc(N[C@H](C2CC2)C(F)(F)F)c2c1[nH]c1cc(-c3cnc(N)nc3)ccc12.[CH3-].[Fm]. The van der Waals surface area contributed by atoms with E-state index in [0.29, 0.717) is 34.8 Å². The van der Waals surface area contributed by atoms with Crippen LogP contribution in [0.2, 0.25) is 0 Å². The Balaban J connectivity index is 0.00000162. The number of aromatic amines is 1. The van der Waals surface area contributed by atoms with Gasteiger partial charge in [0.1, 0.15) is 11.9 Å². The number of hydrogen-bond donors (Lipinski definition) is 4. The van der Waals surface area contributed by atoms with Crippen molar-refractivity contribution >= 4 is 39.3 Å². The van der Waals surface area contributed by atoms with E-state index in [1.165, 1.54) is 6.20 Å². The summed E-state index contributed by atoms with van der Waals surface area (Å²) in [6.07, 6.45) is 1.36. The van der Waals surface area contributed by atoms with Crippen LogP contribution < -0.4 is 16.8 Å². The van der Waals surface area contributed by atoms with E-state index in [1.54, 1.807) is 12.4 Å². The Hall–Kier alpha value is -4.82. The third-order valence-corrected chi connectivity index (χ3v) is 5.72. The minimum atomic E-state index is -4.38. The Kier molecular flexibility index (Phi) is 5.80. The number of hydrogen-bond acceptors (Lipinski definition) is 6. The molecule has 0 amide bonds. The Morgan fingerprint density at radius 2 is 1.79 bits per heavy atom. The molecule has 0 spiro atoms. The van der Waals surface area contributed by atoms with Crippen molar-refractivity contribution in [1.82, 2.24) is 19.9 Å². The average Bonchev–Trinajstić information content (AvgIpc) is 3.50. The summed E-state index contributed by atoms with van der Waals surface area (Å²) in [6, 6.07) is 3.90. The zero-order valence-electron chi connectivity index (χ0n) is 18.2. The fourth-order valence-corrected chi connectivity index (χ4v) is 3.97. The largest absolute Gasteiger partial charge is 0.408 e. The fraction of sp³-hybridized carbons (Fsp3) is 0.217. The molecule has 1 saturated carbocycles. The minimum absolute atomic E-state index is 0. The number of fused-ring (bicyclic) bond motifs is 3. The van der Waals surface area contributed by atoms with Crippen molar-refractivity contribution in [2.24, 2.45) is 11.7 Å². The number of nitrogens with one attached hydrogen (secondary N) is 2. The summed E-state index contributed by atoms with van der Waals surface area (Å²) in [5, 5.41) is 3.92. The summed E-state index contributed by atoms with van der Waals surface area (Å²) in [4.78, 5) is 15.6. The molecule has 0 unspecified atom stereocenters. The third-order valence-electron chi connectivity index (χ3n) is 5.72. The third kappa shape index (κ3) is 4.01.